The molecular weight excluding hydrogens is 416 g/mol. The number of benzene rings is 2. The smallest absolute Gasteiger partial charge is 0.330 e. The summed E-state index contributed by atoms with van der Waals surface area (Å²) in [4.78, 5) is 42.7. The van der Waals surface area contributed by atoms with Crippen LogP contribution in [0.15, 0.2) is 64.2 Å². The highest BCUT2D eigenvalue weighted by Gasteiger charge is 2.26. The lowest BCUT2D eigenvalue weighted by molar-refractivity contribution is 0.0983. The molecule has 0 saturated carbocycles. The molecule has 3 aromatic rings. The van der Waals surface area contributed by atoms with Gasteiger partial charge in [-0.15, -0.1) is 0 Å². The second-order valence-electron chi connectivity index (χ2n) is 9.70. The summed E-state index contributed by atoms with van der Waals surface area (Å²) in [6, 6.07) is 16.7. The zero-order chi connectivity index (χ0) is 24.3. The largest absolute Gasteiger partial charge is 0.383 e. The van der Waals surface area contributed by atoms with E-state index in [-0.39, 0.29) is 41.8 Å². The van der Waals surface area contributed by atoms with E-state index in [1.807, 2.05) is 56.3 Å². The molecule has 0 atom stereocenters. The molecule has 0 aliphatic rings. The van der Waals surface area contributed by atoms with E-state index in [0.717, 1.165) is 11.1 Å². The van der Waals surface area contributed by atoms with Crippen LogP contribution in [0.1, 0.15) is 56.1 Å². The molecule has 1 heterocycles. The van der Waals surface area contributed by atoms with E-state index in [9.17, 15) is 14.4 Å². The van der Waals surface area contributed by atoms with Crippen molar-refractivity contribution in [3.63, 3.8) is 0 Å². The molecule has 3 rings (SSSR count). The summed E-state index contributed by atoms with van der Waals surface area (Å²) in [5.74, 6) is -0.310. The predicted octanol–water partition coefficient (Wildman–Crippen LogP) is 3.77. The lowest BCUT2D eigenvalue weighted by Crippen LogP contribution is -2.42. The highest BCUT2D eigenvalue weighted by Crippen LogP contribution is 2.25. The van der Waals surface area contributed by atoms with Gasteiger partial charge in [0.05, 0.1) is 6.54 Å². The summed E-state index contributed by atoms with van der Waals surface area (Å²) in [5.41, 5.74) is 7.40. The third-order valence-electron chi connectivity index (χ3n) is 5.46. The molecule has 3 N–H and O–H groups in total. The van der Waals surface area contributed by atoms with E-state index in [4.69, 9.17) is 5.73 Å². The summed E-state index contributed by atoms with van der Waals surface area (Å²) in [7, 11) is 0. The van der Waals surface area contributed by atoms with Crippen LogP contribution in [0.5, 0.6) is 0 Å². The van der Waals surface area contributed by atoms with Crippen LogP contribution in [-0.2, 0) is 12.0 Å². The maximum Gasteiger partial charge on any atom is 0.330 e. The van der Waals surface area contributed by atoms with Crippen molar-refractivity contribution in [2.24, 2.45) is 5.92 Å². The number of carbonyl (C=O) groups is 1. The van der Waals surface area contributed by atoms with E-state index in [2.05, 4.69) is 25.8 Å². The van der Waals surface area contributed by atoms with Crippen molar-refractivity contribution in [3.8, 4) is 0 Å². The quantitative estimate of drug-likeness (QED) is 0.599. The van der Waals surface area contributed by atoms with Crippen molar-refractivity contribution in [3.05, 3.63) is 92.1 Å². The number of aromatic amines is 1. The van der Waals surface area contributed by atoms with Gasteiger partial charge in [0, 0.05) is 12.1 Å². The van der Waals surface area contributed by atoms with Crippen LogP contribution in [0, 0.1) is 5.92 Å². The van der Waals surface area contributed by atoms with Gasteiger partial charge in [-0.3, -0.25) is 19.1 Å². The van der Waals surface area contributed by atoms with E-state index >= 15 is 0 Å². The molecule has 0 spiro atoms. The minimum atomic E-state index is -0.679. The van der Waals surface area contributed by atoms with Crippen molar-refractivity contribution < 1.29 is 4.79 Å². The third-order valence-corrected chi connectivity index (χ3v) is 5.46. The number of nitrogens with two attached hydrogens (primary N) is 1. The Kier molecular flexibility index (Phi) is 6.91. The van der Waals surface area contributed by atoms with Crippen molar-refractivity contribution in [2.45, 2.75) is 46.6 Å². The van der Waals surface area contributed by atoms with Crippen molar-refractivity contribution in [2.75, 3.05) is 17.2 Å². The molecule has 7 heteroatoms. The van der Waals surface area contributed by atoms with Gasteiger partial charge in [0.1, 0.15) is 5.82 Å². The standard InChI is InChI=1S/C26H32N4O3/c1-17(2)15-29(24(32)19-11-13-20(14-12-19)26(3,4)5)21-22(27)30(25(33)28-23(21)31)16-18-9-7-6-8-10-18/h6-14,17H,15-16,27H2,1-5H3,(H,28,31,33). The molecule has 1 aromatic heterocycles. The fourth-order valence-electron chi connectivity index (χ4n) is 3.67. The predicted molar refractivity (Wildman–Crippen MR) is 133 cm³/mol. The zero-order valence-corrected chi connectivity index (χ0v) is 19.9. The molecule has 33 heavy (non-hydrogen) atoms. The molecule has 0 aliphatic heterocycles. The first-order valence-corrected chi connectivity index (χ1v) is 11.1. The first-order valence-electron chi connectivity index (χ1n) is 11.1. The Labute approximate surface area is 193 Å². The fraction of sp³-hybridized carbons (Fsp3) is 0.346. The van der Waals surface area contributed by atoms with Crippen LogP contribution in [0.2, 0.25) is 0 Å². The zero-order valence-electron chi connectivity index (χ0n) is 19.9. The maximum atomic E-state index is 13.5. The van der Waals surface area contributed by atoms with Gasteiger partial charge in [0.2, 0.25) is 0 Å². The van der Waals surface area contributed by atoms with Gasteiger partial charge in [-0.25, -0.2) is 4.79 Å². The Morgan fingerprint density at radius 3 is 2.18 bits per heavy atom. The molecule has 0 fully saturated rings. The first kappa shape index (κ1) is 24.0. The molecule has 174 valence electrons. The highest BCUT2D eigenvalue weighted by atomic mass is 16.2. The van der Waals surface area contributed by atoms with Gasteiger partial charge >= 0.3 is 5.69 Å². The molecular formula is C26H32N4O3. The molecule has 0 bridgehead atoms. The molecule has 0 aliphatic carbocycles. The monoisotopic (exact) mass is 448 g/mol. The topological polar surface area (TPSA) is 101 Å². The van der Waals surface area contributed by atoms with Crippen molar-refractivity contribution in [1.29, 1.82) is 0 Å². The molecule has 0 unspecified atom stereocenters. The van der Waals surface area contributed by atoms with Gasteiger partial charge < -0.3 is 10.6 Å². The van der Waals surface area contributed by atoms with Crippen LogP contribution >= 0.6 is 0 Å². The normalized spacial score (nSPS) is 11.6. The number of anilines is 2. The second kappa shape index (κ2) is 9.48. The Morgan fingerprint density at radius 1 is 1.03 bits per heavy atom. The van der Waals surface area contributed by atoms with Gasteiger partial charge in [-0.1, -0.05) is 77.1 Å². The summed E-state index contributed by atoms with van der Waals surface area (Å²) in [5, 5.41) is 0. The van der Waals surface area contributed by atoms with Crippen LogP contribution in [0.3, 0.4) is 0 Å². The fourth-order valence-corrected chi connectivity index (χ4v) is 3.67. The van der Waals surface area contributed by atoms with Crippen molar-refractivity contribution in [1.82, 2.24) is 9.55 Å². The number of nitrogens with one attached hydrogen (secondary N) is 1. The second-order valence-corrected chi connectivity index (χ2v) is 9.70. The minimum Gasteiger partial charge on any atom is -0.383 e. The van der Waals surface area contributed by atoms with Crippen molar-refractivity contribution >= 4 is 17.4 Å². The lowest BCUT2D eigenvalue weighted by atomic mass is 9.86. The maximum absolute atomic E-state index is 13.5. The summed E-state index contributed by atoms with van der Waals surface area (Å²) >= 11 is 0. The summed E-state index contributed by atoms with van der Waals surface area (Å²) < 4.78 is 1.29. The highest BCUT2D eigenvalue weighted by molar-refractivity contribution is 6.07. The minimum absolute atomic E-state index is 0.0101. The van der Waals surface area contributed by atoms with Crippen LogP contribution < -0.4 is 21.9 Å². The van der Waals surface area contributed by atoms with Crippen LogP contribution in [0.25, 0.3) is 0 Å². The molecule has 7 nitrogen and oxygen atoms in total. The number of H-pyrrole nitrogens is 1. The SMILES string of the molecule is CC(C)CN(C(=O)c1ccc(C(C)(C)C)cc1)c1c(N)n(Cc2ccccc2)c(=O)[nH]c1=O. The number of nitrogens with zero attached hydrogens (tertiary/aromatic N) is 2. The van der Waals surface area contributed by atoms with Gasteiger partial charge in [-0.2, -0.15) is 0 Å². The molecule has 1 amide bonds. The Morgan fingerprint density at radius 2 is 1.64 bits per heavy atom. The number of carbonyl (C=O) groups excluding carboxylic acids is 1. The Bertz CT molecular complexity index is 1230. The van der Waals surface area contributed by atoms with Crippen LogP contribution in [-0.4, -0.2) is 22.0 Å². The number of aromatic nitrogens is 2. The Hall–Kier alpha value is -3.61. The number of hydrogen-bond donors (Lipinski definition) is 2. The summed E-state index contributed by atoms with van der Waals surface area (Å²) in [6.45, 7) is 10.7. The molecule has 2 aromatic carbocycles. The number of nitrogen functional groups attached to an aromatic ring is 1. The van der Waals surface area contributed by atoms with Gasteiger partial charge in [0.15, 0.2) is 5.69 Å². The van der Waals surface area contributed by atoms with E-state index in [1.54, 1.807) is 12.1 Å². The van der Waals surface area contributed by atoms with E-state index in [0.29, 0.717) is 5.56 Å². The number of hydrogen-bond acceptors (Lipinski definition) is 4. The van der Waals surface area contributed by atoms with Crippen LogP contribution in [0.4, 0.5) is 11.5 Å². The molecule has 0 saturated heterocycles. The lowest BCUT2D eigenvalue weighted by Gasteiger charge is -2.26. The van der Waals surface area contributed by atoms with E-state index < -0.39 is 11.2 Å². The Balaban J connectivity index is 2.09. The summed E-state index contributed by atoms with van der Waals surface area (Å²) in [6.07, 6.45) is 0. The average Bonchev–Trinajstić information content (AvgIpc) is 2.75. The number of rotatable bonds is 6. The van der Waals surface area contributed by atoms with Gasteiger partial charge in [0.25, 0.3) is 11.5 Å². The number of amides is 1. The molecule has 0 radical (unpaired) electrons. The third kappa shape index (κ3) is 5.42. The van der Waals surface area contributed by atoms with E-state index in [1.165, 1.54) is 9.47 Å². The van der Waals surface area contributed by atoms with Gasteiger partial charge in [-0.05, 0) is 34.6 Å². The first-order chi connectivity index (χ1) is 15.5. The average molecular weight is 449 g/mol.